The second-order valence-corrected chi connectivity index (χ2v) is 10.0. The number of thiophene rings is 1. The van der Waals surface area contributed by atoms with Gasteiger partial charge in [0.15, 0.2) is 0 Å². The fourth-order valence-corrected chi connectivity index (χ4v) is 4.79. The number of carbonyl (C=O) groups excluding carboxylic acids is 1. The van der Waals surface area contributed by atoms with E-state index < -0.39 is 12.1 Å². The maximum atomic E-state index is 12.8. The Hall–Kier alpha value is -3.37. The van der Waals surface area contributed by atoms with E-state index in [1.807, 2.05) is 26.2 Å². The molecule has 1 amide bonds. The van der Waals surface area contributed by atoms with E-state index in [4.69, 9.17) is 9.90 Å². The van der Waals surface area contributed by atoms with Gasteiger partial charge in [-0.2, -0.15) is 13.2 Å². The molecule has 2 N–H and O–H groups in total. The normalized spacial score (nSPS) is 14.4. The number of benzene rings is 2. The van der Waals surface area contributed by atoms with Crippen LogP contribution in [0.2, 0.25) is 0 Å². The molecule has 4 rings (SSSR count). The number of anilines is 1. The van der Waals surface area contributed by atoms with Crippen molar-refractivity contribution < 1.29 is 27.9 Å². The van der Waals surface area contributed by atoms with Crippen LogP contribution in [-0.2, 0) is 11.3 Å². The van der Waals surface area contributed by atoms with E-state index in [0.717, 1.165) is 47.8 Å². The van der Waals surface area contributed by atoms with Crippen molar-refractivity contribution in [1.82, 2.24) is 10.2 Å². The molecular weight excluding hydrogens is 503 g/mol. The summed E-state index contributed by atoms with van der Waals surface area (Å²) in [6, 6.07) is 23.3. The smallest absolute Gasteiger partial charge is 0.475 e. The average molecular weight is 534 g/mol. The Bertz CT molecular complexity index is 1160. The number of amides is 1. The molecule has 1 aliphatic rings. The average Bonchev–Trinajstić information content (AvgIpc) is 3.36. The molecule has 6 nitrogen and oxygen atoms in total. The lowest BCUT2D eigenvalue weighted by Gasteiger charge is -2.32. The van der Waals surface area contributed by atoms with Crippen LogP contribution in [-0.4, -0.2) is 61.3 Å². The number of carboxylic acids is 1. The van der Waals surface area contributed by atoms with E-state index >= 15 is 0 Å². The van der Waals surface area contributed by atoms with Crippen LogP contribution in [0.25, 0.3) is 10.4 Å². The highest BCUT2D eigenvalue weighted by molar-refractivity contribution is 7.17. The summed E-state index contributed by atoms with van der Waals surface area (Å²) in [4.78, 5) is 28.1. The van der Waals surface area contributed by atoms with E-state index in [1.54, 1.807) is 11.3 Å². The van der Waals surface area contributed by atoms with Gasteiger partial charge in [0.05, 0.1) is 4.88 Å². The highest BCUT2D eigenvalue weighted by Gasteiger charge is 2.38. The number of nitrogens with one attached hydrogen (secondary N) is 1. The molecule has 0 unspecified atom stereocenters. The fraction of sp³-hybridized carbons (Fsp3) is 0.333. The van der Waals surface area contributed by atoms with E-state index in [0.29, 0.717) is 0 Å². The van der Waals surface area contributed by atoms with Crippen molar-refractivity contribution in [1.29, 1.82) is 0 Å². The van der Waals surface area contributed by atoms with E-state index in [1.165, 1.54) is 11.3 Å². The lowest BCUT2D eigenvalue weighted by molar-refractivity contribution is -0.192. The molecule has 3 aromatic rings. The molecule has 198 valence electrons. The summed E-state index contributed by atoms with van der Waals surface area (Å²) in [5, 5.41) is 10.4. The van der Waals surface area contributed by atoms with Gasteiger partial charge in [0, 0.05) is 50.3 Å². The molecule has 0 spiro atoms. The Morgan fingerprint density at radius 1 is 1.00 bits per heavy atom. The molecule has 37 heavy (non-hydrogen) atoms. The minimum Gasteiger partial charge on any atom is -0.475 e. The first-order chi connectivity index (χ1) is 17.5. The zero-order valence-electron chi connectivity index (χ0n) is 20.7. The monoisotopic (exact) mass is 533 g/mol. The zero-order chi connectivity index (χ0) is 27.0. The van der Waals surface area contributed by atoms with Gasteiger partial charge >= 0.3 is 12.1 Å². The third kappa shape index (κ3) is 8.61. The molecule has 1 fully saturated rings. The number of likely N-dealkylation sites (tertiary alicyclic amines) is 1. The third-order valence-corrected chi connectivity index (χ3v) is 7.05. The molecule has 0 aliphatic carbocycles. The van der Waals surface area contributed by atoms with Gasteiger partial charge in [-0.05, 0) is 48.2 Å². The molecule has 0 saturated carbocycles. The predicted molar refractivity (Wildman–Crippen MR) is 140 cm³/mol. The number of piperidine rings is 1. The highest BCUT2D eigenvalue weighted by atomic mass is 32.1. The summed E-state index contributed by atoms with van der Waals surface area (Å²) in [5.41, 5.74) is 3.68. The van der Waals surface area contributed by atoms with Crippen LogP contribution in [0, 0.1) is 0 Å². The van der Waals surface area contributed by atoms with Crippen LogP contribution in [0.1, 0.15) is 28.1 Å². The second-order valence-electron chi connectivity index (χ2n) is 8.92. The van der Waals surface area contributed by atoms with E-state index in [2.05, 4.69) is 69.7 Å². The Morgan fingerprint density at radius 3 is 2.14 bits per heavy atom. The van der Waals surface area contributed by atoms with Gasteiger partial charge in [-0.15, -0.1) is 11.3 Å². The number of hydrogen-bond donors (Lipinski definition) is 2. The molecule has 1 aromatic heterocycles. The van der Waals surface area contributed by atoms with Gasteiger partial charge in [0.2, 0.25) is 0 Å². The maximum absolute atomic E-state index is 12.8. The number of alkyl halides is 3. The first-order valence-corrected chi connectivity index (χ1v) is 12.6. The second kappa shape index (κ2) is 12.7. The highest BCUT2D eigenvalue weighted by Crippen LogP contribution is 2.29. The van der Waals surface area contributed by atoms with Crippen LogP contribution in [0.4, 0.5) is 18.9 Å². The Labute approximate surface area is 218 Å². The molecule has 1 saturated heterocycles. The molecule has 10 heteroatoms. The van der Waals surface area contributed by atoms with Gasteiger partial charge in [0.1, 0.15) is 0 Å². The van der Waals surface area contributed by atoms with Gasteiger partial charge < -0.3 is 15.3 Å². The van der Waals surface area contributed by atoms with Crippen LogP contribution in [0.5, 0.6) is 0 Å². The number of rotatable bonds is 6. The minimum absolute atomic E-state index is 0.0534. The molecule has 1 aliphatic heterocycles. The largest absolute Gasteiger partial charge is 0.490 e. The number of carbonyl (C=O) groups is 2. The molecule has 0 bridgehead atoms. The number of nitrogens with zero attached hydrogens (tertiary/aromatic N) is 2. The fourth-order valence-electron chi connectivity index (χ4n) is 3.87. The maximum Gasteiger partial charge on any atom is 0.490 e. The molecular formula is C27H30F3N3O3S. The van der Waals surface area contributed by atoms with Crippen molar-refractivity contribution in [3.63, 3.8) is 0 Å². The number of aliphatic carboxylic acids is 1. The van der Waals surface area contributed by atoms with E-state index in [-0.39, 0.29) is 11.9 Å². The summed E-state index contributed by atoms with van der Waals surface area (Å²) in [6.07, 6.45) is -3.08. The molecule has 0 radical (unpaired) electrons. The molecule has 2 aromatic carbocycles. The van der Waals surface area contributed by atoms with Crippen molar-refractivity contribution in [2.45, 2.75) is 31.6 Å². The Balaban J connectivity index is 0.000000479. The van der Waals surface area contributed by atoms with Crippen LogP contribution < -0.4 is 10.2 Å². The van der Waals surface area contributed by atoms with Crippen molar-refractivity contribution >= 4 is 28.9 Å². The summed E-state index contributed by atoms with van der Waals surface area (Å²) in [5.74, 6) is -2.70. The van der Waals surface area contributed by atoms with E-state index in [9.17, 15) is 18.0 Å². The molecule has 0 atom stereocenters. The molecule has 2 heterocycles. The quantitative estimate of drug-likeness (QED) is 0.437. The van der Waals surface area contributed by atoms with Gasteiger partial charge in [-0.3, -0.25) is 9.69 Å². The summed E-state index contributed by atoms with van der Waals surface area (Å²) < 4.78 is 31.7. The Morgan fingerprint density at radius 2 is 1.59 bits per heavy atom. The lowest BCUT2D eigenvalue weighted by Crippen LogP contribution is -2.44. The SMILES string of the molecule is CN(C)c1ccc(-c2ccc(C(=O)NC3CCN(Cc4ccccc4)CC3)s2)cc1.O=C(O)C(F)(F)F. The summed E-state index contributed by atoms with van der Waals surface area (Å²) in [6.45, 7) is 3.03. The third-order valence-electron chi connectivity index (χ3n) is 5.91. The zero-order valence-corrected chi connectivity index (χ0v) is 21.5. The first-order valence-electron chi connectivity index (χ1n) is 11.8. The van der Waals surface area contributed by atoms with Gasteiger partial charge in [-0.1, -0.05) is 42.5 Å². The Kier molecular flexibility index (Phi) is 9.71. The van der Waals surface area contributed by atoms with Crippen LogP contribution in [0.15, 0.2) is 66.7 Å². The standard InChI is InChI=1S/C25H29N3OS.C2HF3O2/c1-27(2)22-10-8-20(9-11-22)23-12-13-24(30-23)25(29)26-21-14-16-28(17-15-21)18-19-6-4-3-5-7-19;3-2(4,5)1(6)7/h3-13,21H,14-18H2,1-2H3,(H,26,29);(H,6,7). The van der Waals surface area contributed by atoms with Gasteiger partial charge in [0.25, 0.3) is 5.91 Å². The van der Waals surface area contributed by atoms with Crippen molar-refractivity contribution in [2.24, 2.45) is 0 Å². The van der Waals surface area contributed by atoms with Crippen molar-refractivity contribution in [3.8, 4) is 10.4 Å². The predicted octanol–water partition coefficient (Wildman–Crippen LogP) is 5.51. The van der Waals surface area contributed by atoms with Gasteiger partial charge in [-0.25, -0.2) is 4.79 Å². The number of carboxylic acid groups (broad SMARTS) is 1. The van der Waals surface area contributed by atoms with Crippen molar-refractivity contribution in [2.75, 3.05) is 32.1 Å². The summed E-state index contributed by atoms with van der Waals surface area (Å²) in [7, 11) is 4.07. The topological polar surface area (TPSA) is 72.9 Å². The summed E-state index contributed by atoms with van der Waals surface area (Å²) >= 11 is 1.56. The van der Waals surface area contributed by atoms with Crippen molar-refractivity contribution in [3.05, 3.63) is 77.2 Å². The first kappa shape index (κ1) is 28.2. The van der Waals surface area contributed by atoms with Crippen LogP contribution in [0.3, 0.4) is 0 Å². The minimum atomic E-state index is -5.08. The number of halogens is 3. The lowest BCUT2D eigenvalue weighted by atomic mass is 10.0. The van der Waals surface area contributed by atoms with Crippen LogP contribution >= 0.6 is 11.3 Å². The number of hydrogen-bond acceptors (Lipinski definition) is 5.